The first kappa shape index (κ1) is 9.73. The Labute approximate surface area is 92.8 Å². The first-order chi connectivity index (χ1) is 7.19. The fraction of sp³-hybridized carbons (Fsp3) is 0.857. The minimum absolute atomic E-state index is 0.00116. The molecule has 4 bridgehead atoms. The van der Waals surface area contributed by atoms with Crippen LogP contribution in [0.3, 0.4) is 0 Å². The highest BCUT2D eigenvalue weighted by atomic mass is 14.7. The lowest BCUT2D eigenvalue weighted by Gasteiger charge is -2.57. The Morgan fingerprint density at radius 2 is 1.60 bits per heavy atom. The van der Waals surface area contributed by atoms with Crippen LogP contribution in [0.1, 0.15) is 44.9 Å². The van der Waals surface area contributed by atoms with Crippen molar-refractivity contribution < 1.29 is 0 Å². The molecule has 1 heteroatoms. The Hall–Kier alpha value is -0.480. The van der Waals surface area contributed by atoms with Gasteiger partial charge in [0.25, 0.3) is 0 Å². The van der Waals surface area contributed by atoms with Gasteiger partial charge >= 0.3 is 0 Å². The summed E-state index contributed by atoms with van der Waals surface area (Å²) in [6.45, 7) is 0. The largest absolute Gasteiger partial charge is 0.318 e. The maximum atomic E-state index is 5.96. The highest BCUT2D eigenvalue weighted by Gasteiger charge is 2.50. The maximum Gasteiger partial charge on any atom is 0.0667 e. The second kappa shape index (κ2) is 3.25. The predicted molar refractivity (Wildman–Crippen MR) is 62.0 cm³/mol. The van der Waals surface area contributed by atoms with Gasteiger partial charge in [-0.2, -0.15) is 0 Å². The summed E-state index contributed by atoms with van der Waals surface area (Å²) in [4.78, 5) is 0. The van der Waals surface area contributed by atoms with Crippen LogP contribution in [0.2, 0.25) is 0 Å². The predicted octanol–water partition coefficient (Wildman–Crippen LogP) is 2.55. The summed E-state index contributed by atoms with van der Waals surface area (Å²) in [5.74, 6) is 5.76. The van der Waals surface area contributed by atoms with Crippen molar-refractivity contribution in [2.24, 2.45) is 28.9 Å². The van der Waals surface area contributed by atoms with E-state index in [2.05, 4.69) is 5.92 Å². The Morgan fingerprint density at radius 1 is 1.13 bits per heavy atom. The van der Waals surface area contributed by atoms with Gasteiger partial charge in [-0.3, -0.25) is 0 Å². The van der Waals surface area contributed by atoms with Crippen LogP contribution < -0.4 is 5.73 Å². The molecule has 4 aliphatic rings. The molecule has 0 aromatic rings. The molecule has 0 heterocycles. The van der Waals surface area contributed by atoms with Crippen LogP contribution >= 0.6 is 0 Å². The number of rotatable bonds is 2. The van der Waals surface area contributed by atoms with E-state index in [1.54, 1.807) is 0 Å². The van der Waals surface area contributed by atoms with Gasteiger partial charge in [-0.1, -0.05) is 5.92 Å². The summed E-state index contributed by atoms with van der Waals surface area (Å²) >= 11 is 0. The van der Waals surface area contributed by atoms with Crippen LogP contribution in [-0.4, -0.2) is 6.04 Å². The molecule has 1 unspecified atom stereocenters. The Morgan fingerprint density at radius 3 is 2.00 bits per heavy atom. The van der Waals surface area contributed by atoms with E-state index < -0.39 is 0 Å². The van der Waals surface area contributed by atoms with E-state index >= 15 is 0 Å². The van der Waals surface area contributed by atoms with Gasteiger partial charge in [0.15, 0.2) is 0 Å². The number of nitrogens with two attached hydrogens (primary N) is 1. The second-order valence-corrected chi connectivity index (χ2v) is 6.39. The standard InChI is InChI=1S/C14H21N/c1-2-13(15)9-14-6-10-3-11(7-14)5-12(4-10)8-14/h1,10-13H,3-9,15H2. The summed E-state index contributed by atoms with van der Waals surface area (Å²) in [6, 6.07) is 0.00116. The first-order valence-electron chi connectivity index (χ1n) is 6.41. The topological polar surface area (TPSA) is 26.0 Å². The zero-order valence-corrected chi connectivity index (χ0v) is 9.41. The molecule has 4 fully saturated rings. The zero-order chi connectivity index (χ0) is 10.5. The Balaban J connectivity index is 1.78. The monoisotopic (exact) mass is 203 g/mol. The third-order valence-corrected chi connectivity index (χ3v) is 5.03. The van der Waals surface area contributed by atoms with Crippen LogP contribution in [0.15, 0.2) is 0 Å². The lowest BCUT2D eigenvalue weighted by atomic mass is 9.48. The van der Waals surface area contributed by atoms with E-state index in [-0.39, 0.29) is 6.04 Å². The third-order valence-electron chi connectivity index (χ3n) is 5.03. The SMILES string of the molecule is C#CC(N)CC12CC3CC(CC(C3)C1)C2. The van der Waals surface area contributed by atoms with Gasteiger partial charge in [-0.25, -0.2) is 0 Å². The molecular formula is C14H21N. The fourth-order valence-corrected chi connectivity index (χ4v) is 5.07. The van der Waals surface area contributed by atoms with E-state index in [1.165, 1.54) is 38.5 Å². The summed E-state index contributed by atoms with van der Waals surface area (Å²) in [5.41, 5.74) is 6.51. The zero-order valence-electron chi connectivity index (χ0n) is 9.41. The molecule has 1 atom stereocenters. The number of hydrogen-bond donors (Lipinski definition) is 1. The second-order valence-electron chi connectivity index (χ2n) is 6.39. The highest BCUT2D eigenvalue weighted by Crippen LogP contribution is 2.61. The highest BCUT2D eigenvalue weighted by molar-refractivity contribution is 5.06. The number of hydrogen-bond acceptors (Lipinski definition) is 1. The summed E-state index contributed by atoms with van der Waals surface area (Å²) in [7, 11) is 0. The fourth-order valence-electron chi connectivity index (χ4n) is 5.07. The average Bonchev–Trinajstić information content (AvgIpc) is 2.14. The molecule has 4 saturated carbocycles. The van der Waals surface area contributed by atoms with Crippen LogP contribution in [0.5, 0.6) is 0 Å². The van der Waals surface area contributed by atoms with Crippen LogP contribution in [0.25, 0.3) is 0 Å². The molecule has 0 spiro atoms. The van der Waals surface area contributed by atoms with Crippen molar-refractivity contribution in [3.8, 4) is 12.3 Å². The average molecular weight is 203 g/mol. The first-order valence-corrected chi connectivity index (χ1v) is 6.41. The van der Waals surface area contributed by atoms with Crippen molar-refractivity contribution in [2.45, 2.75) is 51.0 Å². The van der Waals surface area contributed by atoms with Crippen molar-refractivity contribution in [2.75, 3.05) is 0 Å². The molecule has 82 valence electrons. The van der Waals surface area contributed by atoms with Gasteiger partial charge in [-0.05, 0) is 68.1 Å². The summed E-state index contributed by atoms with van der Waals surface area (Å²) in [6.07, 6.45) is 15.3. The van der Waals surface area contributed by atoms with E-state index in [4.69, 9.17) is 12.2 Å². The molecule has 1 nitrogen and oxygen atoms in total. The molecule has 0 amide bonds. The van der Waals surface area contributed by atoms with Crippen LogP contribution in [0, 0.1) is 35.5 Å². The molecule has 0 aromatic heterocycles. The summed E-state index contributed by atoms with van der Waals surface area (Å²) in [5, 5.41) is 0. The molecule has 0 aliphatic heterocycles. The lowest BCUT2D eigenvalue weighted by molar-refractivity contribution is -0.0581. The van der Waals surface area contributed by atoms with Crippen molar-refractivity contribution >= 4 is 0 Å². The number of terminal acetylenes is 1. The molecule has 4 aliphatic carbocycles. The van der Waals surface area contributed by atoms with Gasteiger partial charge in [0.05, 0.1) is 6.04 Å². The van der Waals surface area contributed by atoms with Crippen molar-refractivity contribution in [1.29, 1.82) is 0 Å². The van der Waals surface area contributed by atoms with Crippen molar-refractivity contribution in [3.63, 3.8) is 0 Å². The van der Waals surface area contributed by atoms with E-state index in [1.807, 2.05) is 0 Å². The van der Waals surface area contributed by atoms with Crippen molar-refractivity contribution in [3.05, 3.63) is 0 Å². The van der Waals surface area contributed by atoms with Crippen LogP contribution in [-0.2, 0) is 0 Å². The van der Waals surface area contributed by atoms with E-state index in [0.29, 0.717) is 5.41 Å². The van der Waals surface area contributed by atoms with Gasteiger partial charge < -0.3 is 5.73 Å². The molecule has 4 rings (SSSR count). The molecular weight excluding hydrogens is 182 g/mol. The maximum absolute atomic E-state index is 5.96. The van der Waals surface area contributed by atoms with Gasteiger partial charge in [-0.15, -0.1) is 6.42 Å². The normalized spacial score (nSPS) is 48.9. The summed E-state index contributed by atoms with van der Waals surface area (Å²) < 4.78 is 0. The molecule has 0 aromatic carbocycles. The quantitative estimate of drug-likeness (QED) is 0.686. The minimum atomic E-state index is 0.00116. The Bertz CT molecular complexity index is 264. The van der Waals surface area contributed by atoms with Crippen molar-refractivity contribution in [1.82, 2.24) is 0 Å². The van der Waals surface area contributed by atoms with Crippen LogP contribution in [0.4, 0.5) is 0 Å². The van der Waals surface area contributed by atoms with E-state index in [9.17, 15) is 0 Å². The van der Waals surface area contributed by atoms with Gasteiger partial charge in [0.2, 0.25) is 0 Å². The smallest absolute Gasteiger partial charge is 0.0667 e. The Kier molecular flexibility index (Phi) is 2.11. The van der Waals surface area contributed by atoms with Gasteiger partial charge in [0, 0.05) is 0 Å². The molecule has 0 radical (unpaired) electrons. The minimum Gasteiger partial charge on any atom is -0.318 e. The lowest BCUT2D eigenvalue weighted by Crippen LogP contribution is -2.48. The molecule has 15 heavy (non-hydrogen) atoms. The molecule has 2 N–H and O–H groups in total. The van der Waals surface area contributed by atoms with Gasteiger partial charge in [0.1, 0.15) is 0 Å². The molecule has 0 saturated heterocycles. The third kappa shape index (κ3) is 1.60. The van der Waals surface area contributed by atoms with E-state index in [0.717, 1.165) is 24.2 Å².